The summed E-state index contributed by atoms with van der Waals surface area (Å²) in [5.74, 6) is -0.748. The molecule has 0 saturated heterocycles. The van der Waals surface area contributed by atoms with E-state index >= 15 is 0 Å². The maximum atomic E-state index is 13.1. The first-order valence-electron chi connectivity index (χ1n) is 4.80. The second-order valence-corrected chi connectivity index (χ2v) is 4.09. The van der Waals surface area contributed by atoms with E-state index in [1.54, 1.807) is 6.92 Å². The Morgan fingerprint density at radius 3 is 2.88 bits per heavy atom. The van der Waals surface area contributed by atoms with Crippen LogP contribution in [0.4, 0.5) is 4.39 Å². The highest BCUT2D eigenvalue weighted by Crippen LogP contribution is 2.18. The second kappa shape index (κ2) is 5.70. The highest BCUT2D eigenvalue weighted by molar-refractivity contribution is 6.20. The summed E-state index contributed by atoms with van der Waals surface area (Å²) in [4.78, 5) is 11.6. The molecule has 0 radical (unpaired) electrons. The molecule has 0 aromatic heterocycles. The number of methoxy groups -OCH3 is 1. The van der Waals surface area contributed by atoms with Crippen molar-refractivity contribution in [1.82, 2.24) is 5.32 Å². The minimum absolute atomic E-state index is 0.0478. The number of ether oxygens (including phenoxy) is 1. The zero-order valence-electron chi connectivity index (χ0n) is 9.09. The number of hydrogen-bond acceptors (Lipinski definition) is 2. The monoisotopic (exact) mass is 245 g/mol. The average Bonchev–Trinajstić information content (AvgIpc) is 2.26. The van der Waals surface area contributed by atoms with E-state index in [-0.39, 0.29) is 17.0 Å². The molecular weight excluding hydrogens is 233 g/mol. The summed E-state index contributed by atoms with van der Waals surface area (Å²) in [6.45, 7) is 2.13. The van der Waals surface area contributed by atoms with Crippen LogP contribution in [0.25, 0.3) is 0 Å². The molecule has 3 nitrogen and oxygen atoms in total. The van der Waals surface area contributed by atoms with Crippen LogP contribution < -0.4 is 10.1 Å². The average molecular weight is 246 g/mol. The molecular formula is C11H13ClFNO2. The summed E-state index contributed by atoms with van der Waals surface area (Å²) in [5.41, 5.74) is 0.343. The molecule has 0 heterocycles. The van der Waals surface area contributed by atoms with Gasteiger partial charge in [-0.3, -0.25) is 4.79 Å². The Morgan fingerprint density at radius 1 is 1.62 bits per heavy atom. The van der Waals surface area contributed by atoms with E-state index in [0.29, 0.717) is 12.1 Å². The summed E-state index contributed by atoms with van der Waals surface area (Å²) < 4.78 is 17.8. The van der Waals surface area contributed by atoms with Gasteiger partial charge in [-0.05, 0) is 25.1 Å². The highest BCUT2D eigenvalue weighted by atomic mass is 35.5. The summed E-state index contributed by atoms with van der Waals surface area (Å²) in [5, 5.41) is 2.47. The fraction of sp³-hybridized carbons (Fsp3) is 0.364. The molecule has 1 amide bonds. The Kier molecular flexibility index (Phi) is 4.55. The molecule has 0 bridgehead atoms. The zero-order chi connectivity index (χ0) is 12.1. The predicted molar refractivity (Wildman–Crippen MR) is 60.6 cm³/mol. The molecule has 1 aromatic rings. The van der Waals surface area contributed by atoms with Crippen LogP contribution in [0.1, 0.15) is 17.3 Å². The number of halogens is 2. The second-order valence-electron chi connectivity index (χ2n) is 3.34. The highest BCUT2D eigenvalue weighted by Gasteiger charge is 2.10. The van der Waals surface area contributed by atoms with Crippen LogP contribution in [0.2, 0.25) is 0 Å². The molecule has 0 aliphatic carbocycles. The van der Waals surface area contributed by atoms with Gasteiger partial charge < -0.3 is 10.1 Å². The molecule has 5 heteroatoms. The first-order chi connectivity index (χ1) is 7.54. The Morgan fingerprint density at radius 2 is 2.31 bits per heavy atom. The Hall–Kier alpha value is -1.29. The van der Waals surface area contributed by atoms with Gasteiger partial charge in [-0.2, -0.15) is 0 Å². The lowest BCUT2D eigenvalue weighted by Gasteiger charge is -2.08. The number of hydrogen-bond donors (Lipinski definition) is 1. The summed E-state index contributed by atoms with van der Waals surface area (Å²) >= 11 is 5.69. The molecule has 0 spiro atoms. The smallest absolute Gasteiger partial charge is 0.251 e. The van der Waals surface area contributed by atoms with Gasteiger partial charge in [-0.15, -0.1) is 11.6 Å². The van der Waals surface area contributed by atoms with E-state index in [4.69, 9.17) is 16.3 Å². The van der Waals surface area contributed by atoms with Crippen LogP contribution in [-0.4, -0.2) is 24.9 Å². The van der Waals surface area contributed by atoms with Crippen LogP contribution in [0.3, 0.4) is 0 Å². The van der Waals surface area contributed by atoms with Crippen molar-refractivity contribution in [2.45, 2.75) is 12.3 Å². The van der Waals surface area contributed by atoms with Crippen LogP contribution in [0.5, 0.6) is 5.75 Å². The minimum Gasteiger partial charge on any atom is -0.494 e. The van der Waals surface area contributed by atoms with Crippen molar-refractivity contribution >= 4 is 17.5 Å². The maximum Gasteiger partial charge on any atom is 0.251 e. The van der Waals surface area contributed by atoms with E-state index in [2.05, 4.69) is 5.32 Å². The van der Waals surface area contributed by atoms with Gasteiger partial charge in [0, 0.05) is 17.5 Å². The molecule has 1 rings (SSSR count). The van der Waals surface area contributed by atoms with Gasteiger partial charge in [0.1, 0.15) is 0 Å². The van der Waals surface area contributed by atoms with Gasteiger partial charge in [0.05, 0.1) is 7.11 Å². The standard InChI is InChI=1S/C11H13ClFNO2/c1-7(12)6-14-11(15)8-3-4-9(13)10(5-8)16-2/h3-5,7H,6H2,1-2H3,(H,14,15). The van der Waals surface area contributed by atoms with Crippen LogP contribution >= 0.6 is 11.6 Å². The van der Waals surface area contributed by atoms with E-state index in [9.17, 15) is 9.18 Å². The van der Waals surface area contributed by atoms with Crippen molar-refractivity contribution in [2.75, 3.05) is 13.7 Å². The number of nitrogens with one attached hydrogen (secondary N) is 1. The lowest BCUT2D eigenvalue weighted by atomic mass is 10.2. The van der Waals surface area contributed by atoms with Crippen molar-refractivity contribution in [1.29, 1.82) is 0 Å². The van der Waals surface area contributed by atoms with Crippen molar-refractivity contribution in [3.63, 3.8) is 0 Å². The summed E-state index contributed by atoms with van der Waals surface area (Å²) in [6.07, 6.45) is 0. The Labute approximate surface area is 98.5 Å². The van der Waals surface area contributed by atoms with Crippen LogP contribution in [0.15, 0.2) is 18.2 Å². The van der Waals surface area contributed by atoms with Gasteiger partial charge >= 0.3 is 0 Å². The third-order valence-electron chi connectivity index (χ3n) is 1.96. The topological polar surface area (TPSA) is 38.3 Å². The Balaban J connectivity index is 2.76. The first kappa shape index (κ1) is 12.8. The molecule has 0 saturated carbocycles. The van der Waals surface area contributed by atoms with E-state index in [1.165, 1.54) is 25.3 Å². The zero-order valence-corrected chi connectivity index (χ0v) is 9.84. The normalized spacial score (nSPS) is 12.0. The molecule has 0 aliphatic heterocycles. The summed E-state index contributed by atoms with van der Waals surface area (Å²) in [7, 11) is 1.35. The molecule has 1 aromatic carbocycles. The molecule has 0 aliphatic rings. The molecule has 1 unspecified atom stereocenters. The van der Waals surface area contributed by atoms with Crippen molar-refractivity contribution < 1.29 is 13.9 Å². The van der Waals surface area contributed by atoms with Crippen LogP contribution in [0, 0.1) is 5.82 Å². The van der Waals surface area contributed by atoms with Crippen LogP contribution in [-0.2, 0) is 0 Å². The SMILES string of the molecule is COc1cc(C(=O)NCC(C)Cl)ccc1F. The Bertz CT molecular complexity index is 382. The number of amides is 1. The third-order valence-corrected chi connectivity index (χ3v) is 2.11. The largest absolute Gasteiger partial charge is 0.494 e. The van der Waals surface area contributed by atoms with Gasteiger partial charge in [0.15, 0.2) is 11.6 Å². The van der Waals surface area contributed by atoms with Gasteiger partial charge in [0.25, 0.3) is 5.91 Å². The molecule has 0 fully saturated rings. The fourth-order valence-corrected chi connectivity index (χ4v) is 1.21. The van der Waals surface area contributed by atoms with E-state index in [1.807, 2.05) is 0 Å². The molecule has 1 atom stereocenters. The number of carbonyl (C=O) groups excluding carboxylic acids is 1. The van der Waals surface area contributed by atoms with Crippen molar-refractivity contribution in [2.24, 2.45) is 0 Å². The van der Waals surface area contributed by atoms with Gasteiger partial charge in [-0.25, -0.2) is 4.39 Å². The first-order valence-corrected chi connectivity index (χ1v) is 5.24. The van der Waals surface area contributed by atoms with Crippen molar-refractivity contribution in [3.8, 4) is 5.75 Å². The predicted octanol–water partition coefficient (Wildman–Crippen LogP) is 2.19. The number of rotatable bonds is 4. The number of alkyl halides is 1. The number of benzene rings is 1. The lowest BCUT2D eigenvalue weighted by Crippen LogP contribution is -2.28. The molecule has 88 valence electrons. The van der Waals surface area contributed by atoms with E-state index in [0.717, 1.165) is 0 Å². The van der Waals surface area contributed by atoms with E-state index < -0.39 is 5.82 Å². The quantitative estimate of drug-likeness (QED) is 0.826. The number of carbonyl (C=O) groups is 1. The minimum atomic E-state index is -0.496. The maximum absolute atomic E-state index is 13.1. The van der Waals surface area contributed by atoms with Crippen molar-refractivity contribution in [3.05, 3.63) is 29.6 Å². The summed E-state index contributed by atoms with van der Waals surface area (Å²) in [6, 6.07) is 3.94. The lowest BCUT2D eigenvalue weighted by molar-refractivity contribution is 0.0953. The molecule has 16 heavy (non-hydrogen) atoms. The van der Waals surface area contributed by atoms with Gasteiger partial charge in [0.2, 0.25) is 0 Å². The molecule has 1 N–H and O–H groups in total. The van der Waals surface area contributed by atoms with Gasteiger partial charge in [-0.1, -0.05) is 0 Å². The fourth-order valence-electron chi connectivity index (χ4n) is 1.14. The third kappa shape index (κ3) is 3.38.